The summed E-state index contributed by atoms with van der Waals surface area (Å²) >= 11 is 4.16. The molecule has 0 bridgehead atoms. The second-order valence-electron chi connectivity index (χ2n) is 12.6. The number of allylic oxidation sites excluding steroid dienone is 2. The number of anilines is 5. The van der Waals surface area contributed by atoms with Crippen molar-refractivity contribution in [2.45, 2.75) is 0 Å². The number of nitrogen functional groups attached to an aromatic ring is 2. The van der Waals surface area contributed by atoms with Crippen LogP contribution in [0.3, 0.4) is 0 Å². The Balaban J connectivity index is 0.000000331. The van der Waals surface area contributed by atoms with E-state index in [0.29, 0.717) is 33.8 Å². The summed E-state index contributed by atoms with van der Waals surface area (Å²) in [7, 11) is 0. The fourth-order valence-electron chi connectivity index (χ4n) is 4.95. The average molecular weight is 963 g/mol. The topological polar surface area (TPSA) is 290 Å². The van der Waals surface area contributed by atoms with Crippen LogP contribution in [0.5, 0.6) is 34.5 Å². The molecule has 342 valence electrons. The number of thioether (sulfide) groups is 3. The molecule has 0 radical (unpaired) electrons. The Morgan fingerprint density at radius 1 is 0.529 bits per heavy atom. The van der Waals surface area contributed by atoms with Crippen LogP contribution in [0.2, 0.25) is 0 Å². The van der Waals surface area contributed by atoms with Crippen molar-refractivity contribution < 1.29 is 17.1 Å². The van der Waals surface area contributed by atoms with Gasteiger partial charge in [-0.3, -0.25) is 20.1 Å². The molecule has 17 nitrogen and oxygen atoms in total. The van der Waals surface area contributed by atoms with Gasteiger partial charge in [0, 0.05) is 57.1 Å². The summed E-state index contributed by atoms with van der Waals surface area (Å²) in [5.41, 5.74) is 14.0. The first-order chi connectivity index (χ1) is 33.2. The number of nitriles is 5. The number of hydrogen-bond acceptors (Lipinski definition) is 19. The van der Waals surface area contributed by atoms with Gasteiger partial charge in [-0.1, -0.05) is 0 Å². The summed E-state index contributed by atoms with van der Waals surface area (Å²) in [5.74, 6) is 4.96. The van der Waals surface area contributed by atoms with Gasteiger partial charge in [-0.15, -0.1) is 35.3 Å². The van der Waals surface area contributed by atoms with Gasteiger partial charge in [0.05, 0.1) is 4.24 Å². The molecule has 0 aliphatic carbocycles. The largest absolute Gasteiger partial charge is 0.457 e. The number of aromatic amines is 1. The second kappa shape index (κ2) is 28.6. The molecule has 20 heteroatoms. The van der Waals surface area contributed by atoms with Crippen molar-refractivity contribution >= 4 is 64.0 Å². The number of nitrogens with zero attached hydrogens (tertiary/aromatic N) is 9. The van der Waals surface area contributed by atoms with Crippen LogP contribution in [-0.2, 0) is 0 Å². The van der Waals surface area contributed by atoms with Gasteiger partial charge in [-0.05, 0) is 128 Å². The lowest BCUT2D eigenvalue weighted by Crippen LogP contribution is -1.98. The number of rotatable bonds is 13. The van der Waals surface area contributed by atoms with Gasteiger partial charge in [0.25, 0.3) is 0 Å². The predicted octanol–water partition coefficient (Wildman–Crippen LogP) is 11.6. The van der Waals surface area contributed by atoms with Crippen molar-refractivity contribution in [3.63, 3.8) is 0 Å². The molecule has 7 aromatic rings. The summed E-state index contributed by atoms with van der Waals surface area (Å²) in [6, 6.07) is 41.9. The minimum atomic E-state index is 0. The summed E-state index contributed by atoms with van der Waals surface area (Å²) in [6.07, 6.45) is 15.5. The maximum Gasteiger partial charge on any atom is 0.172 e. The van der Waals surface area contributed by atoms with Crippen LogP contribution in [0.4, 0.5) is 28.7 Å². The highest BCUT2D eigenvalue weighted by Crippen LogP contribution is 2.28. The molecular formula is C48H44N14O3S3. The minimum Gasteiger partial charge on any atom is -0.457 e. The quantitative estimate of drug-likeness (QED) is 0.0530. The summed E-state index contributed by atoms with van der Waals surface area (Å²) in [5, 5.41) is 56.7. The van der Waals surface area contributed by atoms with E-state index in [2.05, 4.69) is 35.8 Å². The molecule has 0 saturated carbocycles. The molecule has 3 aromatic carbocycles. The Kier molecular flexibility index (Phi) is 21.7. The fraction of sp³-hybridized carbons (Fsp3) is 0.0625. The number of hydrogen-bond donors (Lipinski definition) is 5. The summed E-state index contributed by atoms with van der Waals surface area (Å²) < 4.78 is 17.7. The Morgan fingerprint density at radius 3 is 1.26 bits per heavy atom. The first kappa shape index (κ1) is 51.5. The molecule has 0 atom stereocenters. The Bertz CT molecular complexity index is 2920. The van der Waals surface area contributed by atoms with Gasteiger partial charge >= 0.3 is 0 Å². The Morgan fingerprint density at radius 2 is 0.912 bits per heavy atom. The maximum absolute atomic E-state index is 9.02. The number of pyridine rings is 3. The van der Waals surface area contributed by atoms with Crippen LogP contribution in [0.25, 0.3) is 0 Å². The van der Waals surface area contributed by atoms with Crippen LogP contribution in [-0.4, -0.2) is 43.9 Å². The van der Waals surface area contributed by atoms with Crippen LogP contribution < -0.4 is 36.3 Å². The van der Waals surface area contributed by atoms with Gasteiger partial charge in [0.1, 0.15) is 86.8 Å². The highest BCUT2D eigenvalue weighted by atomic mass is 32.2. The molecular weight excluding hydrogens is 917 g/mol. The number of aromatic nitrogens is 5. The van der Waals surface area contributed by atoms with E-state index < -0.39 is 0 Å². The maximum atomic E-state index is 9.02. The fourth-order valence-corrected chi connectivity index (χ4v) is 6.72. The van der Waals surface area contributed by atoms with E-state index in [-0.39, 0.29) is 25.4 Å². The van der Waals surface area contributed by atoms with Crippen LogP contribution in [0.15, 0.2) is 167 Å². The first-order valence-electron chi connectivity index (χ1n) is 19.4. The van der Waals surface area contributed by atoms with Gasteiger partial charge in [-0.25, -0.2) is 0 Å². The van der Waals surface area contributed by atoms with Gasteiger partial charge in [0.15, 0.2) is 11.4 Å². The van der Waals surface area contributed by atoms with E-state index in [1.165, 1.54) is 35.3 Å². The van der Waals surface area contributed by atoms with Crippen molar-refractivity contribution in [2.24, 2.45) is 0 Å². The Hall–Kier alpha value is -9.10. The van der Waals surface area contributed by atoms with Gasteiger partial charge in [0.2, 0.25) is 0 Å². The van der Waals surface area contributed by atoms with Crippen LogP contribution in [0, 0.1) is 56.7 Å². The zero-order chi connectivity index (χ0) is 48.9. The van der Waals surface area contributed by atoms with E-state index in [1.807, 2.05) is 91.4 Å². The molecule has 0 amide bonds. The summed E-state index contributed by atoms with van der Waals surface area (Å²) in [6.45, 7) is 0. The predicted molar refractivity (Wildman–Crippen MR) is 273 cm³/mol. The van der Waals surface area contributed by atoms with Crippen molar-refractivity contribution in [3.05, 3.63) is 172 Å². The Labute approximate surface area is 408 Å². The molecule has 7 rings (SSSR count). The number of benzene rings is 3. The van der Waals surface area contributed by atoms with Crippen LogP contribution in [0.1, 0.15) is 8.42 Å². The molecule has 0 saturated heterocycles. The van der Waals surface area contributed by atoms with E-state index >= 15 is 0 Å². The van der Waals surface area contributed by atoms with E-state index in [9.17, 15) is 0 Å². The smallest absolute Gasteiger partial charge is 0.172 e. The van der Waals surface area contributed by atoms with E-state index in [4.69, 9.17) is 52.0 Å². The zero-order valence-corrected chi connectivity index (χ0v) is 38.9. The van der Waals surface area contributed by atoms with Crippen molar-refractivity contribution in [1.82, 2.24) is 25.1 Å². The number of nitrogens with two attached hydrogens (primary N) is 2. The third kappa shape index (κ3) is 17.1. The second-order valence-corrected chi connectivity index (χ2v) is 15.3. The van der Waals surface area contributed by atoms with E-state index in [1.54, 1.807) is 104 Å². The first-order valence-corrected chi connectivity index (χ1v) is 23.1. The minimum absolute atomic E-state index is 0. The summed E-state index contributed by atoms with van der Waals surface area (Å²) in [4.78, 5) is 11.8. The molecule has 0 fully saturated rings. The standard InChI is InChI=1S/C16H12N4OS.C15H12N6O.C11H10N2O.C6H6N2S2.2H2/c1-22-16(12(10-17)11-18)20-13-2-4-14(5-3-13)21-15-6-8-19-9-7-15;16-9-13-14(17)20-21-15(13)19-10-1-3-11(4-2-10)22-12-5-7-18-8-6-12;12-9-1-3-10(4-2-9)14-11-5-7-13-8-6-11;1-9-6(10-2)5(3-7)4-8;;/h2-9,20H,1H3;1-8H,(H4,17,19,20,21);1-8H,12H2;1-2H3;2*1H/i;;;;2*1+1. The van der Waals surface area contributed by atoms with Gasteiger partial charge in [-0.2, -0.15) is 31.4 Å². The molecule has 0 aliphatic rings. The number of nitrogens with one attached hydrogen (secondary N) is 3. The number of ether oxygens (including phenoxy) is 3. The normalized spacial score (nSPS) is 9.32. The molecule has 4 aromatic heterocycles. The van der Waals surface area contributed by atoms with Crippen molar-refractivity contribution in [1.29, 1.82) is 26.3 Å². The average Bonchev–Trinajstić information content (AvgIpc) is 3.74. The highest BCUT2D eigenvalue weighted by molar-refractivity contribution is 8.21. The third-order valence-corrected chi connectivity index (χ3v) is 11.0. The third-order valence-electron chi connectivity index (χ3n) is 8.13. The molecule has 4 heterocycles. The molecule has 0 spiro atoms. The van der Waals surface area contributed by atoms with E-state index in [0.717, 1.165) is 32.8 Å². The highest BCUT2D eigenvalue weighted by Gasteiger charge is 2.11. The number of H-pyrrole nitrogens is 1. The van der Waals surface area contributed by atoms with Crippen molar-refractivity contribution in [2.75, 3.05) is 40.9 Å². The van der Waals surface area contributed by atoms with Crippen molar-refractivity contribution in [3.8, 4) is 64.8 Å². The molecule has 7 N–H and O–H groups in total. The zero-order valence-electron chi connectivity index (χ0n) is 36.5. The van der Waals surface area contributed by atoms with Gasteiger partial charge < -0.3 is 36.3 Å². The molecule has 0 aliphatic heterocycles. The van der Waals surface area contributed by atoms with Crippen LogP contribution >= 0.6 is 35.3 Å². The SMILES string of the molecule is CSC(Nc1ccc(Oc2ccncc2)cc1)=C(C#N)C#N.CSC(SC)=C(C#N)C#N.N#Cc1c(Nc2ccc(Oc3ccncc3)cc2)n[nH]c1N.Nc1ccc(Oc2ccncc2)cc1.[2HH].[2HH]. The lowest BCUT2D eigenvalue weighted by atomic mass is 10.2. The molecule has 0 unspecified atom stereocenters. The lowest BCUT2D eigenvalue weighted by Gasteiger charge is -2.10. The molecule has 68 heavy (non-hydrogen) atoms. The monoisotopic (exact) mass is 962 g/mol. The lowest BCUT2D eigenvalue weighted by molar-refractivity contribution is 0.481.